The zero-order valence-electron chi connectivity index (χ0n) is 15.9. The van der Waals surface area contributed by atoms with E-state index in [-0.39, 0.29) is 29.3 Å². The van der Waals surface area contributed by atoms with Crippen LogP contribution in [0.2, 0.25) is 0 Å². The topological polar surface area (TPSA) is 69.7 Å². The number of carbonyl (C=O) groups excluding carboxylic acids is 3. The van der Waals surface area contributed by atoms with Gasteiger partial charge in [-0.05, 0) is 57.0 Å². The standard InChI is InChI=1S/C23H16Br2O5/c1-2-29-22(27)15-12-18(24)21(19(25)13-15)30-23(28)17-11-7-6-10-16(17)20(26)14-8-4-3-5-9-14/h3-13H,2H2,1H3. The molecule has 0 heterocycles. The van der Waals surface area contributed by atoms with Gasteiger partial charge in [-0.2, -0.15) is 0 Å². The fraction of sp³-hybridized carbons (Fsp3) is 0.0870. The molecule has 0 bridgehead atoms. The fourth-order valence-electron chi connectivity index (χ4n) is 2.74. The van der Waals surface area contributed by atoms with Crippen molar-refractivity contribution in [2.45, 2.75) is 6.92 Å². The number of esters is 2. The molecule has 0 aromatic heterocycles. The average molecular weight is 532 g/mol. The number of hydrogen-bond donors (Lipinski definition) is 0. The third kappa shape index (κ3) is 4.86. The number of hydrogen-bond acceptors (Lipinski definition) is 5. The third-order valence-corrected chi connectivity index (χ3v) is 5.31. The molecule has 3 aromatic carbocycles. The van der Waals surface area contributed by atoms with E-state index in [4.69, 9.17) is 9.47 Å². The van der Waals surface area contributed by atoms with Crippen LogP contribution in [0, 0.1) is 0 Å². The summed E-state index contributed by atoms with van der Waals surface area (Å²) in [7, 11) is 0. The summed E-state index contributed by atoms with van der Waals surface area (Å²) in [5.41, 5.74) is 1.15. The first-order valence-corrected chi connectivity index (χ1v) is 10.6. The van der Waals surface area contributed by atoms with Gasteiger partial charge in [0.1, 0.15) is 0 Å². The molecular weight excluding hydrogens is 516 g/mol. The predicted octanol–water partition coefficient (Wildman–Crippen LogP) is 5.84. The zero-order chi connectivity index (χ0) is 21.7. The summed E-state index contributed by atoms with van der Waals surface area (Å²) in [6, 6.07) is 18.2. The maximum atomic E-state index is 12.9. The molecule has 0 radical (unpaired) electrons. The largest absolute Gasteiger partial charge is 0.462 e. The minimum atomic E-state index is -0.694. The number of halogens is 2. The van der Waals surface area contributed by atoms with Crippen LogP contribution in [0.4, 0.5) is 0 Å². The lowest BCUT2D eigenvalue weighted by Gasteiger charge is -2.12. The fourth-order valence-corrected chi connectivity index (χ4v) is 4.09. The van der Waals surface area contributed by atoms with Crippen LogP contribution in [0.25, 0.3) is 0 Å². The minimum absolute atomic E-state index is 0.139. The molecule has 3 aromatic rings. The van der Waals surface area contributed by atoms with Crippen LogP contribution >= 0.6 is 31.9 Å². The smallest absolute Gasteiger partial charge is 0.344 e. The third-order valence-electron chi connectivity index (χ3n) is 4.13. The molecule has 5 nitrogen and oxygen atoms in total. The molecule has 0 unspecified atom stereocenters. The Morgan fingerprint density at radius 1 is 0.767 bits per heavy atom. The molecule has 7 heteroatoms. The van der Waals surface area contributed by atoms with Crippen molar-refractivity contribution in [2.75, 3.05) is 6.61 Å². The molecule has 0 aliphatic heterocycles. The summed E-state index contributed by atoms with van der Waals surface area (Å²) < 4.78 is 11.3. The molecule has 0 fully saturated rings. The first-order chi connectivity index (χ1) is 14.4. The van der Waals surface area contributed by atoms with Crippen molar-refractivity contribution in [1.29, 1.82) is 0 Å². The van der Waals surface area contributed by atoms with E-state index in [2.05, 4.69) is 31.9 Å². The van der Waals surface area contributed by atoms with Gasteiger partial charge in [-0.25, -0.2) is 9.59 Å². The highest BCUT2D eigenvalue weighted by Gasteiger charge is 2.22. The van der Waals surface area contributed by atoms with E-state index in [9.17, 15) is 14.4 Å². The SMILES string of the molecule is CCOC(=O)c1cc(Br)c(OC(=O)c2ccccc2C(=O)c2ccccc2)c(Br)c1. The highest BCUT2D eigenvalue weighted by atomic mass is 79.9. The summed E-state index contributed by atoms with van der Waals surface area (Å²) in [6.45, 7) is 1.96. The Labute approximate surface area is 190 Å². The number of benzene rings is 3. The molecule has 152 valence electrons. The molecule has 0 amide bonds. The molecule has 3 rings (SSSR count). The Kier molecular flexibility index (Phi) is 7.18. The average Bonchev–Trinajstić information content (AvgIpc) is 2.76. The van der Waals surface area contributed by atoms with Crippen LogP contribution in [0.3, 0.4) is 0 Å². The van der Waals surface area contributed by atoms with E-state index in [1.807, 2.05) is 6.07 Å². The van der Waals surface area contributed by atoms with Crippen LogP contribution < -0.4 is 4.74 Å². The van der Waals surface area contributed by atoms with Crippen molar-refractivity contribution in [3.63, 3.8) is 0 Å². The predicted molar refractivity (Wildman–Crippen MR) is 119 cm³/mol. The molecule has 0 N–H and O–H groups in total. The molecule has 0 atom stereocenters. The number of carbonyl (C=O) groups is 3. The lowest BCUT2D eigenvalue weighted by molar-refractivity contribution is 0.0526. The van der Waals surface area contributed by atoms with Crippen LogP contribution in [-0.4, -0.2) is 24.3 Å². The molecule has 0 spiro atoms. The van der Waals surface area contributed by atoms with Crippen LogP contribution in [0.5, 0.6) is 5.75 Å². The Balaban J connectivity index is 1.91. The summed E-state index contributed by atoms with van der Waals surface area (Å²) in [4.78, 5) is 37.7. The van der Waals surface area contributed by atoms with E-state index in [1.54, 1.807) is 49.4 Å². The molecule has 0 saturated carbocycles. The van der Waals surface area contributed by atoms with Crippen molar-refractivity contribution >= 4 is 49.6 Å². The Morgan fingerprint density at radius 2 is 1.33 bits per heavy atom. The van der Waals surface area contributed by atoms with E-state index < -0.39 is 11.9 Å². The highest BCUT2D eigenvalue weighted by molar-refractivity contribution is 9.11. The first-order valence-electron chi connectivity index (χ1n) is 8.99. The van der Waals surface area contributed by atoms with Crippen LogP contribution in [-0.2, 0) is 4.74 Å². The molecule has 0 aliphatic carbocycles. The van der Waals surface area contributed by atoms with Crippen molar-refractivity contribution < 1.29 is 23.9 Å². The van der Waals surface area contributed by atoms with Gasteiger partial charge in [0, 0.05) is 11.1 Å². The quantitative estimate of drug-likeness (QED) is 0.227. The molecule has 0 saturated heterocycles. The summed E-state index contributed by atoms with van der Waals surface area (Å²) in [6.07, 6.45) is 0. The lowest BCUT2D eigenvalue weighted by atomic mass is 9.98. The minimum Gasteiger partial charge on any atom is -0.462 e. The van der Waals surface area contributed by atoms with Gasteiger partial charge in [-0.15, -0.1) is 0 Å². The van der Waals surface area contributed by atoms with Gasteiger partial charge in [-0.1, -0.05) is 48.5 Å². The second-order valence-corrected chi connectivity index (χ2v) is 7.83. The zero-order valence-corrected chi connectivity index (χ0v) is 19.0. The maximum Gasteiger partial charge on any atom is 0.344 e. The van der Waals surface area contributed by atoms with Gasteiger partial charge < -0.3 is 9.47 Å². The van der Waals surface area contributed by atoms with Gasteiger partial charge in [0.15, 0.2) is 11.5 Å². The van der Waals surface area contributed by atoms with Gasteiger partial charge in [0.25, 0.3) is 0 Å². The molecule has 0 aliphatic rings. The second-order valence-electron chi connectivity index (χ2n) is 6.12. The van der Waals surface area contributed by atoms with Crippen molar-refractivity contribution in [1.82, 2.24) is 0 Å². The van der Waals surface area contributed by atoms with E-state index in [0.717, 1.165) is 0 Å². The van der Waals surface area contributed by atoms with Gasteiger partial charge in [0.05, 0.1) is 26.7 Å². The highest BCUT2D eigenvalue weighted by Crippen LogP contribution is 2.36. The van der Waals surface area contributed by atoms with Crippen molar-refractivity contribution in [2.24, 2.45) is 0 Å². The number of ketones is 1. The summed E-state index contributed by atoms with van der Waals surface area (Å²) in [5, 5.41) is 0. The lowest BCUT2D eigenvalue weighted by Crippen LogP contribution is -2.15. The van der Waals surface area contributed by atoms with Gasteiger partial charge >= 0.3 is 11.9 Å². The monoisotopic (exact) mass is 530 g/mol. The maximum absolute atomic E-state index is 12.9. The van der Waals surface area contributed by atoms with E-state index in [1.165, 1.54) is 18.2 Å². The normalized spacial score (nSPS) is 10.4. The van der Waals surface area contributed by atoms with Crippen LogP contribution in [0.15, 0.2) is 75.7 Å². The Morgan fingerprint density at radius 3 is 1.93 bits per heavy atom. The Bertz CT molecular complexity index is 1090. The number of rotatable bonds is 6. The molecular formula is C23H16Br2O5. The van der Waals surface area contributed by atoms with Crippen molar-refractivity contribution in [3.05, 3.63) is 97.9 Å². The number of ether oxygens (including phenoxy) is 2. The van der Waals surface area contributed by atoms with Crippen LogP contribution in [0.1, 0.15) is 43.6 Å². The van der Waals surface area contributed by atoms with Crippen molar-refractivity contribution in [3.8, 4) is 5.75 Å². The summed E-state index contributed by atoms with van der Waals surface area (Å²) in [5.74, 6) is -1.27. The summed E-state index contributed by atoms with van der Waals surface area (Å²) >= 11 is 6.64. The van der Waals surface area contributed by atoms with E-state index >= 15 is 0 Å². The van der Waals surface area contributed by atoms with Gasteiger partial charge in [-0.3, -0.25) is 4.79 Å². The Hall–Kier alpha value is -2.77. The van der Waals surface area contributed by atoms with E-state index in [0.29, 0.717) is 20.1 Å². The van der Waals surface area contributed by atoms with Gasteiger partial charge in [0.2, 0.25) is 0 Å². The first kappa shape index (κ1) is 21.9. The second kappa shape index (κ2) is 9.82. The molecule has 30 heavy (non-hydrogen) atoms.